The molecule has 12 heteroatoms. The number of nitrogens with zero attached hydrogens (tertiary/aromatic N) is 4. The van der Waals surface area contributed by atoms with Crippen LogP contribution in [0.25, 0.3) is 0 Å². The normalized spacial score (nSPS) is 15.3. The highest BCUT2D eigenvalue weighted by Gasteiger charge is 2.23. The molecule has 0 unspecified atom stereocenters. The van der Waals surface area contributed by atoms with Crippen molar-refractivity contribution in [2.75, 3.05) is 74.3 Å². The third-order valence-electron chi connectivity index (χ3n) is 6.17. The number of hydrogen-bond acceptors (Lipinski definition) is 10. The van der Waals surface area contributed by atoms with E-state index < -0.39 is 11.5 Å². The van der Waals surface area contributed by atoms with Gasteiger partial charge < -0.3 is 40.2 Å². The molecule has 0 aliphatic carbocycles. The minimum absolute atomic E-state index is 0.0714. The third-order valence-corrected chi connectivity index (χ3v) is 6.17. The number of rotatable bonds is 6. The summed E-state index contributed by atoms with van der Waals surface area (Å²) in [5.41, 5.74) is 1.94. The van der Waals surface area contributed by atoms with Crippen molar-refractivity contribution < 1.29 is 14.3 Å². The first-order valence-electron chi connectivity index (χ1n) is 11.7. The Hall–Kier alpha value is -4.32. The second-order valence-electron chi connectivity index (χ2n) is 8.53. The summed E-state index contributed by atoms with van der Waals surface area (Å²) in [6, 6.07) is 7.58. The van der Waals surface area contributed by atoms with Gasteiger partial charge in [0, 0.05) is 44.1 Å². The van der Waals surface area contributed by atoms with Gasteiger partial charge in [0.2, 0.25) is 5.88 Å². The van der Waals surface area contributed by atoms with Crippen molar-refractivity contribution in [1.29, 1.82) is 0 Å². The molecule has 36 heavy (non-hydrogen) atoms. The Morgan fingerprint density at radius 3 is 2.67 bits per heavy atom. The van der Waals surface area contributed by atoms with Crippen LogP contribution >= 0.6 is 0 Å². The zero-order chi connectivity index (χ0) is 25.1. The number of aromatic nitrogens is 3. The fourth-order valence-corrected chi connectivity index (χ4v) is 4.21. The van der Waals surface area contributed by atoms with E-state index in [1.807, 2.05) is 24.3 Å². The number of piperazine rings is 1. The number of benzene rings is 1. The predicted molar refractivity (Wildman–Crippen MR) is 137 cm³/mol. The second kappa shape index (κ2) is 10.1. The van der Waals surface area contributed by atoms with Crippen LogP contribution in [-0.2, 0) is 0 Å². The van der Waals surface area contributed by atoms with E-state index in [1.165, 1.54) is 19.6 Å². The number of nitrogens with one attached hydrogen (secondary N) is 4. The van der Waals surface area contributed by atoms with Crippen LogP contribution in [0.5, 0.6) is 11.6 Å². The average Bonchev–Trinajstić information content (AvgIpc) is 2.89. The molecule has 1 fully saturated rings. The lowest BCUT2D eigenvalue weighted by Crippen LogP contribution is -2.44. The van der Waals surface area contributed by atoms with Crippen LogP contribution in [0, 0.1) is 0 Å². The van der Waals surface area contributed by atoms with Crippen molar-refractivity contribution in [3.8, 4) is 11.6 Å². The summed E-state index contributed by atoms with van der Waals surface area (Å²) in [4.78, 5) is 41.4. The van der Waals surface area contributed by atoms with Gasteiger partial charge in [0.1, 0.15) is 23.5 Å². The number of fused-ring (bicyclic) bond motifs is 1. The minimum Gasteiger partial charge on any atom is -0.492 e. The molecule has 4 N–H and O–H groups in total. The maximum atomic E-state index is 13.1. The standard InChI is InChI=1S/C24H28N8O4/c1-31-8-10-32(11-9-31)16-5-3-15(4-6-16)29-23(34)18-21(27-14-28-22(18)33)30-17-13-26-24-19(20(17)35-2)25-7-12-36-24/h3-6,13-14,25H,7-12H2,1-2H3,(H,29,34)(H2,27,28,30,33). The number of aromatic amines is 1. The molecule has 0 saturated carbocycles. The Bertz CT molecular complexity index is 1300. The Morgan fingerprint density at radius 1 is 1.14 bits per heavy atom. The van der Waals surface area contributed by atoms with Crippen LogP contribution in [-0.4, -0.2) is 79.2 Å². The summed E-state index contributed by atoms with van der Waals surface area (Å²) in [6.07, 6.45) is 2.73. The monoisotopic (exact) mass is 492 g/mol. The van der Waals surface area contributed by atoms with E-state index in [-0.39, 0.29) is 11.4 Å². The van der Waals surface area contributed by atoms with Crippen molar-refractivity contribution in [3.05, 3.63) is 52.7 Å². The van der Waals surface area contributed by atoms with E-state index in [1.54, 1.807) is 0 Å². The lowest BCUT2D eigenvalue weighted by Gasteiger charge is -2.34. The van der Waals surface area contributed by atoms with Crippen LogP contribution in [0.3, 0.4) is 0 Å². The smallest absolute Gasteiger partial charge is 0.265 e. The van der Waals surface area contributed by atoms with Crippen molar-refractivity contribution in [1.82, 2.24) is 19.9 Å². The fraction of sp³-hybridized carbons (Fsp3) is 0.333. The number of anilines is 5. The molecule has 2 aliphatic heterocycles. The molecule has 1 saturated heterocycles. The average molecular weight is 493 g/mol. The van der Waals surface area contributed by atoms with Gasteiger partial charge in [-0.2, -0.15) is 0 Å². The molecular weight excluding hydrogens is 464 g/mol. The number of ether oxygens (including phenoxy) is 2. The van der Waals surface area contributed by atoms with Crippen LogP contribution < -0.4 is 35.9 Å². The molecule has 2 aromatic heterocycles. The summed E-state index contributed by atoms with van der Waals surface area (Å²) in [5, 5.41) is 9.01. The van der Waals surface area contributed by atoms with Gasteiger partial charge in [-0.1, -0.05) is 0 Å². The van der Waals surface area contributed by atoms with E-state index in [0.29, 0.717) is 41.8 Å². The molecule has 1 amide bonds. The molecule has 5 rings (SSSR count). The molecular formula is C24H28N8O4. The molecule has 1 aromatic carbocycles. The number of carbonyl (C=O) groups is 1. The molecule has 3 aromatic rings. The molecule has 2 aliphatic rings. The summed E-state index contributed by atoms with van der Waals surface area (Å²) >= 11 is 0. The molecule has 0 bridgehead atoms. The number of pyridine rings is 1. The minimum atomic E-state index is -0.592. The molecule has 0 spiro atoms. The number of likely N-dealkylation sites (N-methyl/N-ethyl adjacent to an activating group) is 1. The maximum Gasteiger partial charge on any atom is 0.265 e. The number of H-pyrrole nitrogens is 1. The van der Waals surface area contributed by atoms with Crippen molar-refractivity contribution in [2.45, 2.75) is 0 Å². The molecule has 0 atom stereocenters. The Kier molecular flexibility index (Phi) is 6.58. The Morgan fingerprint density at radius 2 is 1.92 bits per heavy atom. The van der Waals surface area contributed by atoms with Gasteiger partial charge in [-0.15, -0.1) is 0 Å². The van der Waals surface area contributed by atoms with Gasteiger partial charge in [0.05, 0.1) is 19.6 Å². The predicted octanol–water partition coefficient (Wildman–Crippen LogP) is 1.73. The highest BCUT2D eigenvalue weighted by molar-refractivity contribution is 6.07. The molecule has 12 nitrogen and oxygen atoms in total. The fourth-order valence-electron chi connectivity index (χ4n) is 4.21. The lowest BCUT2D eigenvalue weighted by molar-refractivity contribution is 0.102. The van der Waals surface area contributed by atoms with Crippen LogP contribution in [0.4, 0.5) is 28.6 Å². The van der Waals surface area contributed by atoms with E-state index in [9.17, 15) is 9.59 Å². The number of hydrogen-bond donors (Lipinski definition) is 4. The van der Waals surface area contributed by atoms with E-state index >= 15 is 0 Å². The first-order valence-corrected chi connectivity index (χ1v) is 11.7. The highest BCUT2D eigenvalue weighted by Crippen LogP contribution is 2.41. The third kappa shape index (κ3) is 4.75. The van der Waals surface area contributed by atoms with Gasteiger partial charge >= 0.3 is 0 Å². The van der Waals surface area contributed by atoms with Crippen LogP contribution in [0.2, 0.25) is 0 Å². The van der Waals surface area contributed by atoms with Crippen LogP contribution in [0.15, 0.2) is 41.6 Å². The number of carbonyl (C=O) groups excluding carboxylic acids is 1. The maximum absolute atomic E-state index is 13.1. The second-order valence-corrected chi connectivity index (χ2v) is 8.53. The largest absolute Gasteiger partial charge is 0.492 e. The van der Waals surface area contributed by atoms with Gasteiger partial charge in [-0.25, -0.2) is 9.97 Å². The zero-order valence-corrected chi connectivity index (χ0v) is 20.1. The number of methoxy groups -OCH3 is 1. The van der Waals surface area contributed by atoms with Crippen molar-refractivity contribution in [2.24, 2.45) is 0 Å². The quantitative estimate of drug-likeness (QED) is 0.403. The highest BCUT2D eigenvalue weighted by atomic mass is 16.5. The molecule has 4 heterocycles. The first kappa shape index (κ1) is 23.4. The number of amides is 1. The summed E-state index contributed by atoms with van der Waals surface area (Å²) < 4.78 is 11.1. The van der Waals surface area contributed by atoms with Gasteiger partial charge in [-0.05, 0) is 31.3 Å². The SMILES string of the molecule is COc1c(Nc2nc[nH]c(=O)c2C(=O)Nc2ccc(N3CCN(C)CC3)cc2)cnc2c1NCCO2. The topological polar surface area (TPSA) is 137 Å². The van der Waals surface area contributed by atoms with Gasteiger partial charge in [-0.3, -0.25) is 9.59 Å². The van der Waals surface area contributed by atoms with Gasteiger partial charge in [0.15, 0.2) is 11.6 Å². The van der Waals surface area contributed by atoms with Crippen molar-refractivity contribution >= 4 is 34.5 Å². The van der Waals surface area contributed by atoms with Crippen LogP contribution in [0.1, 0.15) is 10.4 Å². The van der Waals surface area contributed by atoms with E-state index in [0.717, 1.165) is 31.9 Å². The van der Waals surface area contributed by atoms with Gasteiger partial charge in [0.25, 0.3) is 11.5 Å². The summed E-state index contributed by atoms with van der Waals surface area (Å²) in [7, 11) is 3.63. The van der Waals surface area contributed by atoms with Crippen molar-refractivity contribution in [3.63, 3.8) is 0 Å². The zero-order valence-electron chi connectivity index (χ0n) is 20.1. The molecule has 188 valence electrons. The van der Waals surface area contributed by atoms with E-state index in [2.05, 4.69) is 47.7 Å². The molecule has 0 radical (unpaired) electrons. The summed E-state index contributed by atoms with van der Waals surface area (Å²) in [5.74, 6) is 0.334. The lowest BCUT2D eigenvalue weighted by atomic mass is 10.2. The Labute approximate surface area is 207 Å². The Balaban J connectivity index is 1.36. The first-order chi connectivity index (χ1) is 17.5. The van der Waals surface area contributed by atoms with E-state index in [4.69, 9.17) is 9.47 Å². The summed E-state index contributed by atoms with van der Waals surface area (Å²) in [6.45, 7) is 5.00.